The second kappa shape index (κ2) is 6.00. The Hall–Kier alpha value is -2.64. The summed E-state index contributed by atoms with van der Waals surface area (Å²) in [6.07, 6.45) is -1.18. The highest BCUT2D eigenvalue weighted by Crippen LogP contribution is 2.20. The summed E-state index contributed by atoms with van der Waals surface area (Å²) in [5.74, 6) is -0.912. The minimum atomic E-state index is -0.811. The van der Waals surface area contributed by atoms with Crippen molar-refractivity contribution in [1.29, 1.82) is 0 Å². The van der Waals surface area contributed by atoms with Crippen LogP contribution in [0.3, 0.4) is 0 Å². The first-order valence-corrected chi connectivity index (χ1v) is 6.66. The molecule has 0 bridgehead atoms. The number of rotatable bonds is 3. The molecule has 8 nitrogen and oxygen atoms in total. The first kappa shape index (κ1) is 13.1. The first-order chi connectivity index (χ1) is 11.1. The molecule has 0 unspecified atom stereocenters. The summed E-state index contributed by atoms with van der Waals surface area (Å²) in [6, 6.07) is 1.16. The Balaban J connectivity index is 2.52. The van der Waals surface area contributed by atoms with Gasteiger partial charge in [-0.05, 0) is 33.8 Å². The monoisotopic (exact) mass is 308 g/mol. The summed E-state index contributed by atoms with van der Waals surface area (Å²) in [4.78, 5) is 28.0. The second-order valence-electron chi connectivity index (χ2n) is 5.32. The van der Waals surface area contributed by atoms with Gasteiger partial charge in [0.2, 0.25) is 0 Å². The van der Waals surface area contributed by atoms with Crippen LogP contribution in [0.1, 0.15) is 40.8 Å². The highest BCUT2D eigenvalue weighted by atomic mass is 16.6. The third-order valence-corrected chi connectivity index (χ3v) is 2.38. The van der Waals surface area contributed by atoms with E-state index in [4.69, 9.17) is 12.2 Å². The third-order valence-electron chi connectivity index (χ3n) is 2.38. The molecule has 0 saturated carbocycles. The Kier molecular flexibility index (Phi) is 3.56. The van der Waals surface area contributed by atoms with E-state index < -0.39 is 17.7 Å². The van der Waals surface area contributed by atoms with Gasteiger partial charge >= 0.3 is 12.1 Å². The molecule has 0 saturated heterocycles. The van der Waals surface area contributed by atoms with Crippen LogP contribution >= 0.6 is 0 Å². The lowest BCUT2D eigenvalue weighted by atomic mass is 10.2. The number of fused-ring (bicyclic) bond motifs is 1. The summed E-state index contributed by atoms with van der Waals surface area (Å²) in [5.41, 5.74) is -0.914. The Morgan fingerprint density at radius 3 is 2.82 bits per heavy atom. The molecule has 2 rings (SSSR count). The van der Waals surface area contributed by atoms with Crippen LogP contribution in [0.4, 0.5) is 10.6 Å². The van der Waals surface area contributed by atoms with Crippen molar-refractivity contribution in [2.45, 2.75) is 33.3 Å². The maximum Gasteiger partial charge on any atom is 0.413 e. The van der Waals surface area contributed by atoms with Crippen LogP contribution in [0.5, 0.6) is 0 Å². The Morgan fingerprint density at radius 1 is 1.45 bits per heavy atom. The molecule has 8 heteroatoms. The molecule has 0 aliphatic carbocycles. The van der Waals surface area contributed by atoms with Gasteiger partial charge in [-0.15, -0.1) is 5.10 Å². The van der Waals surface area contributed by atoms with Crippen molar-refractivity contribution < 1.29 is 21.8 Å². The number of hydrogen-bond donors (Lipinski definition) is 1. The second-order valence-corrected chi connectivity index (χ2v) is 5.32. The topological polar surface area (TPSA) is 94.8 Å². The number of amides is 1. The van der Waals surface area contributed by atoms with Crippen LogP contribution in [0.25, 0.3) is 5.65 Å². The zero-order valence-electron chi connectivity index (χ0n) is 14.8. The molecule has 1 N–H and O–H groups in total. The Labute approximate surface area is 130 Å². The van der Waals surface area contributed by atoms with Crippen LogP contribution in [0.2, 0.25) is 0 Å². The number of ether oxygens (including phenoxy) is 2. The van der Waals surface area contributed by atoms with Crippen LogP contribution in [-0.4, -0.2) is 38.9 Å². The lowest BCUT2D eigenvalue weighted by molar-refractivity contribution is 0.0529. The van der Waals surface area contributed by atoms with E-state index in [0.717, 1.165) is 10.6 Å². The van der Waals surface area contributed by atoms with E-state index in [2.05, 4.69) is 15.4 Å². The zero-order chi connectivity index (χ0) is 18.1. The first-order valence-electron chi connectivity index (χ1n) is 7.66. The lowest BCUT2D eigenvalue weighted by Crippen LogP contribution is -2.28. The molecule has 2 aromatic heterocycles. The van der Waals surface area contributed by atoms with Crippen LogP contribution in [-0.2, 0) is 9.47 Å². The summed E-state index contributed by atoms with van der Waals surface area (Å²) in [7, 11) is 0. The van der Waals surface area contributed by atoms with Crippen molar-refractivity contribution in [3.63, 3.8) is 0 Å². The molecule has 118 valence electrons. The third kappa shape index (κ3) is 3.51. The number of anilines is 1. The average molecular weight is 308 g/mol. The highest BCUT2D eigenvalue weighted by Gasteiger charge is 2.25. The molecule has 0 radical (unpaired) electrons. The van der Waals surface area contributed by atoms with Gasteiger partial charge in [0.15, 0.2) is 11.5 Å². The maximum absolute atomic E-state index is 12.2. The highest BCUT2D eigenvalue weighted by molar-refractivity contribution is 6.03. The van der Waals surface area contributed by atoms with Crippen molar-refractivity contribution in [3.8, 4) is 0 Å². The fourth-order valence-electron chi connectivity index (χ4n) is 1.66. The van der Waals surface area contributed by atoms with Gasteiger partial charge in [0.05, 0.1) is 9.35 Å². The predicted octanol–water partition coefficient (Wildman–Crippen LogP) is 2.25. The molecule has 0 fully saturated rings. The normalized spacial score (nSPS) is 12.5. The number of esters is 1. The predicted molar refractivity (Wildman–Crippen MR) is 78.8 cm³/mol. The van der Waals surface area contributed by atoms with E-state index in [-0.39, 0.29) is 36.0 Å². The van der Waals surface area contributed by atoms with E-state index in [9.17, 15) is 9.59 Å². The molecule has 0 spiro atoms. The molecule has 2 aromatic rings. The molecular formula is C14H18N4O4. The van der Waals surface area contributed by atoms with Crippen molar-refractivity contribution in [1.82, 2.24) is 14.6 Å². The number of hydrogen-bond acceptors (Lipinski definition) is 6. The van der Waals surface area contributed by atoms with E-state index in [0.29, 0.717) is 0 Å². The summed E-state index contributed by atoms with van der Waals surface area (Å²) >= 11 is 0. The van der Waals surface area contributed by atoms with Crippen molar-refractivity contribution in [2.75, 3.05) is 11.9 Å². The van der Waals surface area contributed by atoms with E-state index >= 15 is 0 Å². The van der Waals surface area contributed by atoms with Gasteiger partial charge < -0.3 is 9.47 Å². The summed E-state index contributed by atoms with van der Waals surface area (Å²) < 4.78 is 26.5. The van der Waals surface area contributed by atoms with Gasteiger partial charge in [0.25, 0.3) is 0 Å². The average Bonchev–Trinajstić information content (AvgIpc) is 2.74. The SMILES string of the molecule is [2H]c1cc([2H])n2nc(NC(=O)OC(C)(C)C)c(C(=O)OCC)c2n1. The minimum Gasteiger partial charge on any atom is -0.462 e. The molecular weight excluding hydrogens is 288 g/mol. The Bertz CT molecular complexity index is 798. The zero-order valence-corrected chi connectivity index (χ0v) is 12.8. The maximum atomic E-state index is 12.2. The molecule has 2 heterocycles. The van der Waals surface area contributed by atoms with Gasteiger partial charge in [-0.3, -0.25) is 5.32 Å². The molecule has 0 aromatic carbocycles. The minimum absolute atomic E-state index is 0.0444. The van der Waals surface area contributed by atoms with E-state index in [1.807, 2.05) is 0 Å². The number of carbonyl (C=O) groups excluding carboxylic acids is 2. The van der Waals surface area contributed by atoms with Gasteiger partial charge in [-0.1, -0.05) is 0 Å². The van der Waals surface area contributed by atoms with E-state index in [1.54, 1.807) is 27.7 Å². The fraction of sp³-hybridized carbons (Fsp3) is 0.429. The quantitative estimate of drug-likeness (QED) is 0.874. The summed E-state index contributed by atoms with van der Waals surface area (Å²) in [5, 5.41) is 6.36. The molecule has 22 heavy (non-hydrogen) atoms. The number of nitrogens with zero attached hydrogens (tertiary/aromatic N) is 3. The fourth-order valence-corrected chi connectivity index (χ4v) is 1.66. The lowest BCUT2D eigenvalue weighted by Gasteiger charge is -2.19. The largest absolute Gasteiger partial charge is 0.462 e. The van der Waals surface area contributed by atoms with Gasteiger partial charge in [-0.2, -0.15) is 0 Å². The Morgan fingerprint density at radius 2 is 2.18 bits per heavy atom. The van der Waals surface area contributed by atoms with Gasteiger partial charge in [0.1, 0.15) is 11.2 Å². The van der Waals surface area contributed by atoms with Gasteiger partial charge in [-0.25, -0.2) is 19.1 Å². The number of carbonyl (C=O) groups is 2. The molecule has 1 amide bonds. The van der Waals surface area contributed by atoms with Crippen molar-refractivity contribution in [2.24, 2.45) is 0 Å². The number of nitrogens with one attached hydrogen (secondary N) is 1. The van der Waals surface area contributed by atoms with Crippen molar-refractivity contribution >= 4 is 23.5 Å². The smallest absolute Gasteiger partial charge is 0.413 e. The number of aromatic nitrogens is 3. The van der Waals surface area contributed by atoms with Crippen LogP contribution in [0, 0.1) is 0 Å². The molecule has 0 atom stereocenters. The standard InChI is InChI=1S/C14H18N4O4/c1-5-21-12(19)9-10(16-13(20)22-14(2,3)4)17-18-8-6-7-15-11(9)18/h6-8H,5H2,1-4H3,(H,16,17,20)/i7D,8D. The van der Waals surface area contributed by atoms with Crippen molar-refractivity contribution in [3.05, 3.63) is 24.0 Å². The van der Waals surface area contributed by atoms with Crippen LogP contribution < -0.4 is 5.32 Å². The molecule has 0 aliphatic rings. The molecule has 0 aliphatic heterocycles. The van der Waals surface area contributed by atoms with Crippen LogP contribution in [0.15, 0.2) is 18.4 Å². The van der Waals surface area contributed by atoms with Gasteiger partial charge in [0, 0.05) is 12.3 Å². The summed E-state index contributed by atoms with van der Waals surface area (Å²) in [6.45, 7) is 6.81. The van der Waals surface area contributed by atoms with E-state index in [1.165, 1.54) is 0 Å².